The maximum Gasteiger partial charge on any atom is 0.259 e. The summed E-state index contributed by atoms with van der Waals surface area (Å²) in [5, 5.41) is 9.65. The van der Waals surface area contributed by atoms with Crippen LogP contribution in [0.25, 0.3) is 0 Å². The van der Waals surface area contributed by atoms with E-state index >= 15 is 0 Å². The van der Waals surface area contributed by atoms with Crippen LogP contribution < -0.4 is 0 Å². The molecule has 0 aliphatic heterocycles. The standard InChI is InChI=1S/C16H23NO3S/c1-3-17(4-2)16(21)20-12-11-15(19)10-7-13-5-8-14(18)9-6-13/h5-6,8-9,18H,3-4,7,10-12H2,1-2H3. The maximum absolute atomic E-state index is 11.8. The fraction of sp³-hybridized carbons (Fsp3) is 0.500. The summed E-state index contributed by atoms with van der Waals surface area (Å²) in [4.78, 5) is 13.7. The molecule has 0 radical (unpaired) electrons. The maximum atomic E-state index is 11.8. The number of ether oxygens (including phenoxy) is 1. The number of Topliss-reactive ketones (excluding diaryl/α,β-unsaturated/α-hetero) is 1. The summed E-state index contributed by atoms with van der Waals surface area (Å²) in [7, 11) is 0. The molecule has 0 saturated carbocycles. The minimum absolute atomic E-state index is 0.158. The molecule has 21 heavy (non-hydrogen) atoms. The van der Waals surface area contributed by atoms with Gasteiger partial charge < -0.3 is 14.7 Å². The minimum atomic E-state index is 0.158. The van der Waals surface area contributed by atoms with Gasteiger partial charge in [0.25, 0.3) is 5.17 Å². The lowest BCUT2D eigenvalue weighted by Gasteiger charge is -2.21. The molecule has 0 aliphatic rings. The summed E-state index contributed by atoms with van der Waals surface area (Å²) in [6.07, 6.45) is 1.53. The van der Waals surface area contributed by atoms with E-state index in [1.807, 2.05) is 30.9 Å². The van der Waals surface area contributed by atoms with Gasteiger partial charge in [-0.05, 0) is 50.2 Å². The average Bonchev–Trinajstić information content (AvgIpc) is 2.48. The van der Waals surface area contributed by atoms with Gasteiger partial charge >= 0.3 is 0 Å². The first-order valence-electron chi connectivity index (χ1n) is 7.28. The van der Waals surface area contributed by atoms with Crippen molar-refractivity contribution in [1.82, 2.24) is 4.90 Å². The van der Waals surface area contributed by atoms with E-state index in [0.717, 1.165) is 18.7 Å². The second-order valence-electron chi connectivity index (χ2n) is 4.74. The van der Waals surface area contributed by atoms with E-state index in [4.69, 9.17) is 17.0 Å². The topological polar surface area (TPSA) is 49.8 Å². The Morgan fingerprint density at radius 1 is 1.19 bits per heavy atom. The van der Waals surface area contributed by atoms with Gasteiger partial charge in [-0.1, -0.05) is 12.1 Å². The number of hydrogen-bond donors (Lipinski definition) is 1. The van der Waals surface area contributed by atoms with Crippen LogP contribution in [-0.4, -0.2) is 40.7 Å². The van der Waals surface area contributed by atoms with Gasteiger partial charge in [-0.3, -0.25) is 4.79 Å². The van der Waals surface area contributed by atoms with Gasteiger partial charge in [-0.15, -0.1) is 0 Å². The Labute approximate surface area is 131 Å². The molecular formula is C16H23NO3S. The van der Waals surface area contributed by atoms with E-state index < -0.39 is 0 Å². The molecule has 0 atom stereocenters. The van der Waals surface area contributed by atoms with Crippen molar-refractivity contribution >= 4 is 23.2 Å². The van der Waals surface area contributed by atoms with Crippen molar-refractivity contribution in [2.45, 2.75) is 33.1 Å². The number of benzene rings is 1. The fourth-order valence-corrected chi connectivity index (χ4v) is 2.24. The van der Waals surface area contributed by atoms with Gasteiger partial charge in [0, 0.05) is 25.9 Å². The second kappa shape index (κ2) is 9.34. The summed E-state index contributed by atoms with van der Waals surface area (Å²) >= 11 is 5.15. The zero-order valence-corrected chi connectivity index (χ0v) is 13.5. The Morgan fingerprint density at radius 3 is 2.38 bits per heavy atom. The average molecular weight is 309 g/mol. The highest BCUT2D eigenvalue weighted by Gasteiger charge is 2.08. The predicted molar refractivity (Wildman–Crippen MR) is 87.5 cm³/mol. The second-order valence-corrected chi connectivity index (χ2v) is 5.09. The summed E-state index contributed by atoms with van der Waals surface area (Å²) < 4.78 is 5.43. The monoisotopic (exact) mass is 309 g/mol. The molecule has 1 N–H and O–H groups in total. The lowest BCUT2D eigenvalue weighted by Crippen LogP contribution is -2.31. The lowest BCUT2D eigenvalue weighted by molar-refractivity contribution is -0.119. The Kier molecular flexibility index (Phi) is 7.75. The molecule has 0 aromatic heterocycles. The Balaban J connectivity index is 2.22. The summed E-state index contributed by atoms with van der Waals surface area (Å²) in [6, 6.07) is 6.92. The number of thiocarbonyl (C=S) groups is 1. The van der Waals surface area contributed by atoms with Crippen molar-refractivity contribution in [3.63, 3.8) is 0 Å². The minimum Gasteiger partial charge on any atom is -0.508 e. The van der Waals surface area contributed by atoms with Crippen LogP contribution in [0.3, 0.4) is 0 Å². The lowest BCUT2D eigenvalue weighted by atomic mass is 10.1. The molecule has 0 spiro atoms. The molecule has 1 aromatic rings. The van der Waals surface area contributed by atoms with Gasteiger partial charge in [-0.25, -0.2) is 0 Å². The molecule has 0 saturated heterocycles. The van der Waals surface area contributed by atoms with Gasteiger partial charge in [0.2, 0.25) is 0 Å². The highest BCUT2D eigenvalue weighted by atomic mass is 32.1. The van der Waals surface area contributed by atoms with Crippen molar-refractivity contribution in [2.24, 2.45) is 0 Å². The highest BCUT2D eigenvalue weighted by molar-refractivity contribution is 7.80. The number of carbonyl (C=O) groups excluding carboxylic acids is 1. The van der Waals surface area contributed by atoms with Crippen molar-refractivity contribution < 1.29 is 14.6 Å². The van der Waals surface area contributed by atoms with Crippen molar-refractivity contribution in [2.75, 3.05) is 19.7 Å². The van der Waals surface area contributed by atoms with Crippen molar-refractivity contribution in [3.8, 4) is 5.75 Å². The number of hydrogen-bond acceptors (Lipinski definition) is 4. The first kappa shape index (κ1) is 17.4. The van der Waals surface area contributed by atoms with Crippen molar-refractivity contribution in [1.29, 1.82) is 0 Å². The van der Waals surface area contributed by atoms with E-state index in [-0.39, 0.29) is 11.5 Å². The van der Waals surface area contributed by atoms with E-state index in [9.17, 15) is 9.90 Å². The summed E-state index contributed by atoms with van der Waals surface area (Å²) in [5.41, 5.74) is 1.04. The predicted octanol–water partition coefficient (Wildman–Crippen LogP) is 2.93. The number of rotatable bonds is 8. The Morgan fingerprint density at radius 2 is 1.81 bits per heavy atom. The van der Waals surface area contributed by atoms with Crippen LogP contribution in [0.2, 0.25) is 0 Å². The number of phenols is 1. The van der Waals surface area contributed by atoms with Gasteiger partial charge in [0.15, 0.2) is 0 Å². The highest BCUT2D eigenvalue weighted by Crippen LogP contribution is 2.11. The van der Waals surface area contributed by atoms with Crippen molar-refractivity contribution in [3.05, 3.63) is 29.8 Å². The fourth-order valence-electron chi connectivity index (χ4n) is 1.90. The van der Waals surface area contributed by atoms with Gasteiger partial charge in [0.05, 0.1) is 6.61 Å². The SMILES string of the molecule is CCN(CC)C(=S)OCCC(=O)CCc1ccc(O)cc1. The summed E-state index contributed by atoms with van der Waals surface area (Å²) in [5.74, 6) is 0.397. The molecule has 0 aliphatic carbocycles. The molecule has 4 nitrogen and oxygen atoms in total. The summed E-state index contributed by atoms with van der Waals surface area (Å²) in [6.45, 7) is 5.99. The number of carbonyl (C=O) groups is 1. The zero-order chi connectivity index (χ0) is 15.7. The molecule has 0 bridgehead atoms. The quantitative estimate of drug-likeness (QED) is 0.748. The van der Waals surface area contributed by atoms with Crippen LogP contribution in [-0.2, 0) is 16.0 Å². The van der Waals surface area contributed by atoms with Crippen LogP contribution in [0.1, 0.15) is 32.3 Å². The molecule has 0 heterocycles. The molecule has 116 valence electrons. The van der Waals surface area contributed by atoms with Crippen LogP contribution in [0.4, 0.5) is 0 Å². The molecule has 0 fully saturated rings. The third-order valence-corrected chi connectivity index (χ3v) is 3.63. The molecule has 1 rings (SSSR count). The third kappa shape index (κ3) is 6.58. The van der Waals surface area contributed by atoms with Gasteiger partial charge in [0.1, 0.15) is 11.5 Å². The molecule has 0 amide bonds. The zero-order valence-electron chi connectivity index (χ0n) is 12.7. The Bertz CT molecular complexity index is 455. The third-order valence-electron chi connectivity index (χ3n) is 3.26. The molecule has 0 unspecified atom stereocenters. The van der Waals surface area contributed by atoms with Crippen LogP contribution in [0.5, 0.6) is 5.75 Å². The molecule has 5 heteroatoms. The molecular weight excluding hydrogens is 286 g/mol. The van der Waals surface area contributed by atoms with Gasteiger partial charge in [-0.2, -0.15) is 0 Å². The largest absolute Gasteiger partial charge is 0.508 e. The van der Waals surface area contributed by atoms with E-state index in [2.05, 4.69) is 0 Å². The smallest absolute Gasteiger partial charge is 0.259 e. The van der Waals surface area contributed by atoms with E-state index in [1.54, 1.807) is 12.1 Å². The normalized spacial score (nSPS) is 10.2. The molecule has 1 aromatic carbocycles. The first-order valence-corrected chi connectivity index (χ1v) is 7.69. The number of nitrogens with zero attached hydrogens (tertiary/aromatic N) is 1. The van der Waals surface area contributed by atoms with Crippen LogP contribution in [0.15, 0.2) is 24.3 Å². The number of phenolic OH excluding ortho intramolecular Hbond substituents is 1. The van der Waals surface area contributed by atoms with E-state index in [0.29, 0.717) is 31.0 Å². The first-order chi connectivity index (χ1) is 10.1. The van der Waals surface area contributed by atoms with E-state index in [1.165, 1.54) is 0 Å². The number of aromatic hydroxyl groups is 1. The number of aryl methyl sites for hydroxylation is 1. The van der Waals surface area contributed by atoms with Crippen LogP contribution >= 0.6 is 12.2 Å². The number of ketones is 1. The Hall–Kier alpha value is -1.62. The van der Waals surface area contributed by atoms with Crippen LogP contribution in [0, 0.1) is 0 Å².